The van der Waals surface area contributed by atoms with E-state index in [1.807, 2.05) is 32.0 Å². The third-order valence-electron chi connectivity index (χ3n) is 7.35. The number of aliphatic carboxylic acids is 1. The minimum absolute atomic E-state index is 0.0277. The lowest BCUT2D eigenvalue weighted by Crippen LogP contribution is -2.57. The molecule has 2 amide bonds. The van der Waals surface area contributed by atoms with E-state index in [0.29, 0.717) is 19.3 Å². The summed E-state index contributed by atoms with van der Waals surface area (Å²) in [5, 5.41) is 19.2. The summed E-state index contributed by atoms with van der Waals surface area (Å²) in [4.78, 5) is 43.0. The maximum absolute atomic E-state index is 14.3. The molecule has 3 saturated heterocycles. The van der Waals surface area contributed by atoms with Crippen molar-refractivity contribution in [1.82, 2.24) is 4.90 Å². The van der Waals surface area contributed by atoms with Crippen LogP contribution in [-0.4, -0.2) is 75.2 Å². The van der Waals surface area contributed by atoms with Gasteiger partial charge in [-0.25, -0.2) is 0 Å². The van der Waals surface area contributed by atoms with Gasteiger partial charge in [0.2, 0.25) is 5.91 Å². The van der Waals surface area contributed by atoms with Gasteiger partial charge in [-0.05, 0) is 50.3 Å². The van der Waals surface area contributed by atoms with Crippen LogP contribution in [0.4, 0.5) is 5.69 Å². The molecule has 3 aliphatic rings. The topological polar surface area (TPSA) is 107 Å². The number of alkyl halides is 1. The van der Waals surface area contributed by atoms with Gasteiger partial charge in [0.15, 0.2) is 0 Å². The van der Waals surface area contributed by atoms with E-state index in [9.17, 15) is 24.6 Å². The van der Waals surface area contributed by atoms with Crippen molar-refractivity contribution in [3.8, 4) is 0 Å². The summed E-state index contributed by atoms with van der Waals surface area (Å²) < 4.78 is 6.32. The number of carbonyl (C=O) groups is 3. The first kappa shape index (κ1) is 24.9. The molecule has 2 bridgehead atoms. The molecule has 1 aromatic rings. The van der Waals surface area contributed by atoms with E-state index < -0.39 is 35.6 Å². The van der Waals surface area contributed by atoms with Gasteiger partial charge in [0.25, 0.3) is 5.91 Å². The normalized spacial score (nSPS) is 31.6. The zero-order valence-electron chi connectivity index (χ0n) is 19.4. The van der Waals surface area contributed by atoms with Crippen molar-refractivity contribution in [2.24, 2.45) is 11.8 Å². The maximum Gasteiger partial charge on any atom is 0.310 e. The number of hydrogen-bond acceptors (Lipinski definition) is 5. The lowest BCUT2D eigenvalue weighted by molar-refractivity contribution is -0.149. The number of unbranched alkanes of at least 4 members (excludes halogenated alkanes) is 1. The monoisotopic (exact) mass is 534 g/mol. The van der Waals surface area contributed by atoms with Crippen LogP contribution < -0.4 is 4.90 Å². The number of aliphatic hydroxyl groups is 1. The number of carboxylic acids is 1. The summed E-state index contributed by atoms with van der Waals surface area (Å²) in [6.07, 6.45) is 2.32. The Morgan fingerprint density at radius 1 is 1.35 bits per heavy atom. The molecular weight excluding hydrogens is 504 g/mol. The molecule has 184 valence electrons. The number of anilines is 1. The number of aryl methyl sites for hydroxylation is 2. The predicted molar refractivity (Wildman–Crippen MR) is 130 cm³/mol. The Morgan fingerprint density at radius 2 is 2.09 bits per heavy atom. The molecule has 1 unspecified atom stereocenters. The summed E-state index contributed by atoms with van der Waals surface area (Å²) in [5.41, 5.74) is 1.41. The molecule has 1 aromatic carbocycles. The van der Waals surface area contributed by atoms with E-state index in [2.05, 4.69) is 22.5 Å². The molecular formula is C25H31BrN2O6. The van der Waals surface area contributed by atoms with Gasteiger partial charge in [-0.15, -0.1) is 6.58 Å². The fraction of sp³-hybridized carbons (Fsp3) is 0.560. The Morgan fingerprint density at radius 3 is 2.74 bits per heavy atom. The minimum atomic E-state index is -1.22. The van der Waals surface area contributed by atoms with Crippen LogP contribution in [0, 0.1) is 25.7 Å². The van der Waals surface area contributed by atoms with Crippen LogP contribution in [0.25, 0.3) is 0 Å². The molecule has 0 aromatic heterocycles. The Kier molecular flexibility index (Phi) is 6.90. The SMILES string of the molecule is C=CCN(C(=O)[C@H]1N(CCCCO)C(=O)[C@@H]2[C@@H](C(=O)O)[C@@H]3O[C@@]21CC3Br)c1cc(C)ccc1C. The number of aliphatic hydroxyl groups excluding tert-OH is 1. The smallest absolute Gasteiger partial charge is 0.310 e. The first-order valence-electron chi connectivity index (χ1n) is 11.6. The second-order valence-corrected chi connectivity index (χ2v) is 10.7. The highest BCUT2D eigenvalue weighted by Crippen LogP contribution is 2.60. The summed E-state index contributed by atoms with van der Waals surface area (Å²) in [5.74, 6) is -3.69. The van der Waals surface area contributed by atoms with Gasteiger partial charge in [-0.3, -0.25) is 14.4 Å². The number of amides is 2. The summed E-state index contributed by atoms with van der Waals surface area (Å²) in [7, 11) is 0. The van der Waals surface area contributed by atoms with Crippen molar-refractivity contribution in [2.75, 3.05) is 24.6 Å². The standard InChI is InChI=1S/C25H31BrN2O6/c1-4-9-27(17-12-14(2)7-8-15(17)3)23(31)21-25-13-16(26)20(34-25)18(24(32)33)19(25)22(30)28(21)10-5-6-11-29/h4,7-8,12,16,18-21,29H,1,5-6,9-11,13H2,2-3H3,(H,32,33)/t16?,18-,19+,20-,21-,25+/m1/s1. The predicted octanol–water partition coefficient (Wildman–Crippen LogP) is 2.43. The van der Waals surface area contributed by atoms with Gasteiger partial charge in [0, 0.05) is 30.2 Å². The van der Waals surface area contributed by atoms with Crippen LogP contribution in [0.15, 0.2) is 30.9 Å². The van der Waals surface area contributed by atoms with Gasteiger partial charge in [0.1, 0.15) is 11.6 Å². The van der Waals surface area contributed by atoms with Crippen LogP contribution in [0.1, 0.15) is 30.4 Å². The minimum Gasteiger partial charge on any atom is -0.481 e. The number of likely N-dealkylation sites (tertiary alicyclic amines) is 1. The van der Waals surface area contributed by atoms with Gasteiger partial charge < -0.3 is 24.7 Å². The van der Waals surface area contributed by atoms with Crippen molar-refractivity contribution in [3.05, 3.63) is 42.0 Å². The van der Waals surface area contributed by atoms with Crippen molar-refractivity contribution in [2.45, 2.75) is 55.7 Å². The largest absolute Gasteiger partial charge is 0.481 e. The zero-order chi connectivity index (χ0) is 24.8. The summed E-state index contributed by atoms with van der Waals surface area (Å²) >= 11 is 3.56. The Bertz CT molecular complexity index is 1020. The van der Waals surface area contributed by atoms with Crippen molar-refractivity contribution < 1.29 is 29.3 Å². The molecule has 34 heavy (non-hydrogen) atoms. The van der Waals surface area contributed by atoms with E-state index in [1.54, 1.807) is 11.0 Å². The third-order valence-corrected chi connectivity index (χ3v) is 8.19. The summed E-state index contributed by atoms with van der Waals surface area (Å²) in [6.45, 7) is 8.15. The first-order valence-corrected chi connectivity index (χ1v) is 12.5. The second kappa shape index (κ2) is 9.43. The third kappa shape index (κ3) is 3.78. The number of halogens is 1. The van der Waals surface area contributed by atoms with Crippen LogP contribution in [-0.2, 0) is 19.1 Å². The van der Waals surface area contributed by atoms with Crippen LogP contribution in [0.5, 0.6) is 0 Å². The van der Waals surface area contributed by atoms with Crippen LogP contribution in [0.3, 0.4) is 0 Å². The number of benzene rings is 1. The van der Waals surface area contributed by atoms with E-state index in [-0.39, 0.29) is 36.3 Å². The molecule has 2 N–H and O–H groups in total. The van der Waals surface area contributed by atoms with Gasteiger partial charge in [0.05, 0.1) is 17.9 Å². The molecule has 3 aliphatic heterocycles. The highest BCUT2D eigenvalue weighted by Gasteiger charge is 2.76. The number of rotatable bonds is 9. The highest BCUT2D eigenvalue weighted by atomic mass is 79.9. The Balaban J connectivity index is 1.80. The van der Waals surface area contributed by atoms with Gasteiger partial charge in [-0.1, -0.05) is 34.1 Å². The fourth-order valence-electron chi connectivity index (χ4n) is 5.92. The molecule has 3 fully saturated rings. The fourth-order valence-corrected chi connectivity index (χ4v) is 6.86. The first-order chi connectivity index (χ1) is 16.2. The average Bonchev–Trinajstić information content (AvgIpc) is 3.37. The number of nitrogens with zero attached hydrogens (tertiary/aromatic N) is 2. The Hall–Kier alpha value is -2.23. The maximum atomic E-state index is 14.3. The van der Waals surface area contributed by atoms with E-state index in [4.69, 9.17) is 4.74 Å². The average molecular weight is 535 g/mol. The molecule has 9 heteroatoms. The molecule has 0 radical (unpaired) electrons. The van der Waals surface area contributed by atoms with E-state index in [1.165, 1.54) is 4.90 Å². The lowest BCUT2D eigenvalue weighted by Gasteiger charge is -2.37. The van der Waals surface area contributed by atoms with Crippen molar-refractivity contribution in [1.29, 1.82) is 0 Å². The van der Waals surface area contributed by atoms with Crippen molar-refractivity contribution >= 4 is 39.4 Å². The lowest BCUT2D eigenvalue weighted by atomic mass is 9.70. The number of hydrogen-bond donors (Lipinski definition) is 2. The number of ether oxygens (including phenoxy) is 1. The Labute approximate surface area is 207 Å². The molecule has 8 nitrogen and oxygen atoms in total. The van der Waals surface area contributed by atoms with E-state index >= 15 is 0 Å². The molecule has 1 spiro atoms. The molecule has 0 saturated carbocycles. The molecule has 4 rings (SSSR count). The summed E-state index contributed by atoms with van der Waals surface area (Å²) in [6, 6.07) is 4.89. The number of carboxylic acid groups (broad SMARTS) is 1. The van der Waals surface area contributed by atoms with Gasteiger partial charge in [-0.2, -0.15) is 0 Å². The van der Waals surface area contributed by atoms with E-state index in [0.717, 1.165) is 16.8 Å². The molecule has 6 atom stereocenters. The van der Waals surface area contributed by atoms with Crippen LogP contribution >= 0.6 is 15.9 Å². The van der Waals surface area contributed by atoms with Crippen LogP contribution in [0.2, 0.25) is 0 Å². The number of fused-ring (bicyclic) bond motifs is 1. The van der Waals surface area contributed by atoms with Gasteiger partial charge >= 0.3 is 5.97 Å². The molecule has 0 aliphatic carbocycles. The molecule has 3 heterocycles. The zero-order valence-corrected chi connectivity index (χ0v) is 21.0. The quantitative estimate of drug-likeness (QED) is 0.286. The highest BCUT2D eigenvalue weighted by molar-refractivity contribution is 9.09. The van der Waals surface area contributed by atoms with Crippen molar-refractivity contribution in [3.63, 3.8) is 0 Å². The number of carbonyl (C=O) groups excluding carboxylic acids is 2. The second-order valence-electron chi connectivity index (χ2n) is 9.49.